The lowest BCUT2D eigenvalue weighted by molar-refractivity contribution is 0.0331. The molecule has 1 aliphatic heterocycles. The highest BCUT2D eigenvalue weighted by atomic mass is 32.1. The topological polar surface area (TPSA) is 91.1 Å². The lowest BCUT2D eigenvalue weighted by Gasteiger charge is -2.25. The number of hydrogen-bond acceptors (Lipinski definition) is 9. The second-order valence-electron chi connectivity index (χ2n) is 9.02. The van der Waals surface area contributed by atoms with Gasteiger partial charge in [-0.15, -0.1) is 26.3 Å². The summed E-state index contributed by atoms with van der Waals surface area (Å²) in [6.45, 7) is 6.27. The first-order valence-electron chi connectivity index (χ1n) is 11.7. The maximum atomic E-state index is 5.51. The highest BCUT2D eigenvalue weighted by Gasteiger charge is 2.26. The molecule has 0 saturated carbocycles. The summed E-state index contributed by atoms with van der Waals surface area (Å²) in [6, 6.07) is 7.69. The van der Waals surface area contributed by atoms with E-state index in [0.717, 1.165) is 72.3 Å². The van der Waals surface area contributed by atoms with Gasteiger partial charge in [0.1, 0.15) is 16.4 Å². The summed E-state index contributed by atoms with van der Waals surface area (Å²) in [5, 5.41) is 14.6. The van der Waals surface area contributed by atoms with Crippen LogP contribution in [-0.4, -0.2) is 68.5 Å². The van der Waals surface area contributed by atoms with Crippen LogP contribution in [-0.2, 0) is 24.1 Å². The van der Waals surface area contributed by atoms with Crippen LogP contribution < -0.4 is 4.74 Å². The third kappa shape index (κ3) is 4.06. The Morgan fingerprint density at radius 3 is 2.94 bits per heavy atom. The summed E-state index contributed by atoms with van der Waals surface area (Å²) in [4.78, 5) is 16.3. The van der Waals surface area contributed by atoms with Crippen LogP contribution in [0, 0.1) is 5.92 Å². The van der Waals surface area contributed by atoms with Crippen molar-refractivity contribution in [1.82, 2.24) is 35.1 Å². The Hall–Kier alpha value is -2.95. The van der Waals surface area contributed by atoms with E-state index in [1.165, 1.54) is 16.9 Å². The molecule has 4 heterocycles. The molecular formula is C24H27N7O2S. The Bertz CT molecular complexity index is 1330. The first-order chi connectivity index (χ1) is 16.7. The van der Waals surface area contributed by atoms with Crippen LogP contribution in [0.5, 0.6) is 5.75 Å². The van der Waals surface area contributed by atoms with Crippen LogP contribution in [0.15, 0.2) is 24.3 Å². The summed E-state index contributed by atoms with van der Waals surface area (Å²) in [5.74, 6) is 3.50. The molecule has 0 N–H and O–H groups in total. The van der Waals surface area contributed by atoms with E-state index in [9.17, 15) is 0 Å². The smallest absolute Gasteiger partial charge is 0.205 e. The van der Waals surface area contributed by atoms with E-state index in [1.54, 1.807) is 23.2 Å². The number of rotatable bonds is 5. The van der Waals surface area contributed by atoms with Crippen LogP contribution in [0.3, 0.4) is 0 Å². The van der Waals surface area contributed by atoms with Crippen molar-refractivity contribution in [2.45, 2.75) is 32.7 Å². The average Bonchev–Trinajstić information content (AvgIpc) is 3.49. The van der Waals surface area contributed by atoms with Gasteiger partial charge in [0.15, 0.2) is 5.82 Å². The average molecular weight is 478 g/mol. The molecule has 0 amide bonds. The van der Waals surface area contributed by atoms with E-state index in [2.05, 4.69) is 22.1 Å². The summed E-state index contributed by atoms with van der Waals surface area (Å²) in [6.07, 6.45) is 3.30. The Morgan fingerprint density at radius 1 is 1.21 bits per heavy atom. The van der Waals surface area contributed by atoms with E-state index in [0.29, 0.717) is 18.3 Å². The van der Waals surface area contributed by atoms with Crippen molar-refractivity contribution in [1.29, 1.82) is 0 Å². The van der Waals surface area contributed by atoms with Crippen molar-refractivity contribution < 1.29 is 9.47 Å². The van der Waals surface area contributed by atoms with Crippen molar-refractivity contribution in [2.24, 2.45) is 5.92 Å². The summed E-state index contributed by atoms with van der Waals surface area (Å²) >= 11 is 1.80. The predicted octanol–water partition coefficient (Wildman–Crippen LogP) is 3.30. The second kappa shape index (κ2) is 9.01. The van der Waals surface area contributed by atoms with Gasteiger partial charge in [0.2, 0.25) is 5.82 Å². The fourth-order valence-electron chi connectivity index (χ4n) is 4.72. The molecule has 9 nitrogen and oxygen atoms in total. The molecule has 2 aliphatic rings. The molecule has 34 heavy (non-hydrogen) atoms. The molecule has 1 unspecified atom stereocenters. The molecule has 1 fully saturated rings. The third-order valence-corrected chi connectivity index (χ3v) is 7.73. The van der Waals surface area contributed by atoms with Crippen molar-refractivity contribution in [3.8, 4) is 23.0 Å². The Morgan fingerprint density at radius 2 is 2.09 bits per heavy atom. The Labute approximate surface area is 201 Å². The molecule has 1 saturated heterocycles. The zero-order valence-electron chi connectivity index (χ0n) is 19.4. The SMILES string of the molecule is COc1cccc(-c2nnn(-c3nc(CN4CCOCC4)nc4sc5c(c34)CCC(C)C5)n2)c1. The fourth-order valence-corrected chi connectivity index (χ4v) is 6.12. The van der Waals surface area contributed by atoms with E-state index < -0.39 is 0 Å². The molecule has 6 rings (SSSR count). The summed E-state index contributed by atoms with van der Waals surface area (Å²) < 4.78 is 10.9. The minimum atomic E-state index is 0.540. The number of hydrogen-bond donors (Lipinski definition) is 0. The van der Waals surface area contributed by atoms with Gasteiger partial charge in [-0.2, -0.15) is 0 Å². The van der Waals surface area contributed by atoms with Gasteiger partial charge in [0.25, 0.3) is 0 Å². The molecule has 0 spiro atoms. The number of tetrazole rings is 1. The van der Waals surface area contributed by atoms with Gasteiger partial charge in [0, 0.05) is 23.5 Å². The van der Waals surface area contributed by atoms with E-state index in [1.807, 2.05) is 24.3 Å². The van der Waals surface area contributed by atoms with Crippen LogP contribution in [0.4, 0.5) is 0 Å². The van der Waals surface area contributed by atoms with Gasteiger partial charge >= 0.3 is 0 Å². The standard InChI is InChI=1S/C24H27N7O2S/c1-15-6-7-18-19(12-15)34-24-21(18)23(25-20(26-24)14-30-8-10-33-11-9-30)31-28-22(27-29-31)16-4-3-5-17(13-16)32-2/h3-5,13,15H,6-12,14H2,1-2H3. The van der Waals surface area contributed by atoms with Crippen molar-refractivity contribution in [2.75, 3.05) is 33.4 Å². The minimum Gasteiger partial charge on any atom is -0.497 e. The number of aryl methyl sites for hydroxylation is 1. The highest BCUT2D eigenvalue weighted by molar-refractivity contribution is 7.18. The van der Waals surface area contributed by atoms with Gasteiger partial charge < -0.3 is 9.47 Å². The first kappa shape index (κ1) is 21.6. The van der Waals surface area contributed by atoms with Gasteiger partial charge in [-0.05, 0) is 48.1 Å². The lowest BCUT2D eigenvalue weighted by Crippen LogP contribution is -2.36. The normalized spacial score (nSPS) is 18.8. The predicted molar refractivity (Wildman–Crippen MR) is 129 cm³/mol. The molecular weight excluding hydrogens is 450 g/mol. The summed E-state index contributed by atoms with van der Waals surface area (Å²) in [7, 11) is 1.65. The van der Waals surface area contributed by atoms with Crippen molar-refractivity contribution in [3.63, 3.8) is 0 Å². The van der Waals surface area contributed by atoms with Gasteiger partial charge in [-0.1, -0.05) is 19.1 Å². The highest BCUT2D eigenvalue weighted by Crippen LogP contribution is 2.39. The lowest BCUT2D eigenvalue weighted by atomic mass is 9.89. The fraction of sp³-hybridized carbons (Fsp3) is 0.458. The van der Waals surface area contributed by atoms with E-state index in [4.69, 9.17) is 24.5 Å². The van der Waals surface area contributed by atoms with Crippen LogP contribution in [0.25, 0.3) is 27.4 Å². The summed E-state index contributed by atoms with van der Waals surface area (Å²) in [5.41, 5.74) is 2.21. The first-order valence-corrected chi connectivity index (χ1v) is 12.6. The van der Waals surface area contributed by atoms with Crippen LogP contribution >= 0.6 is 11.3 Å². The largest absolute Gasteiger partial charge is 0.497 e. The Kier molecular flexibility index (Phi) is 5.72. The number of fused-ring (bicyclic) bond motifs is 3. The molecule has 176 valence electrons. The van der Waals surface area contributed by atoms with Crippen LogP contribution in [0.2, 0.25) is 0 Å². The zero-order chi connectivity index (χ0) is 23.1. The van der Waals surface area contributed by atoms with Crippen molar-refractivity contribution >= 4 is 21.6 Å². The molecule has 1 aromatic carbocycles. The molecule has 1 aliphatic carbocycles. The molecule has 0 radical (unpaired) electrons. The molecule has 0 bridgehead atoms. The monoisotopic (exact) mass is 477 g/mol. The molecule has 4 aromatic rings. The number of morpholine rings is 1. The van der Waals surface area contributed by atoms with Crippen LogP contribution in [0.1, 0.15) is 29.6 Å². The Balaban J connectivity index is 1.45. The number of aromatic nitrogens is 6. The van der Waals surface area contributed by atoms with E-state index in [-0.39, 0.29) is 0 Å². The molecule has 3 aromatic heterocycles. The van der Waals surface area contributed by atoms with Crippen molar-refractivity contribution in [3.05, 3.63) is 40.5 Å². The maximum Gasteiger partial charge on any atom is 0.205 e. The number of methoxy groups -OCH3 is 1. The molecule has 10 heteroatoms. The van der Waals surface area contributed by atoms with E-state index >= 15 is 0 Å². The number of benzene rings is 1. The molecule has 1 atom stereocenters. The minimum absolute atomic E-state index is 0.540. The maximum absolute atomic E-state index is 5.51. The van der Waals surface area contributed by atoms with Gasteiger partial charge in [0.05, 0.1) is 32.3 Å². The van der Waals surface area contributed by atoms with Gasteiger partial charge in [-0.25, -0.2) is 9.97 Å². The third-order valence-electron chi connectivity index (χ3n) is 6.58. The number of ether oxygens (including phenoxy) is 2. The number of thiophene rings is 1. The zero-order valence-corrected chi connectivity index (χ0v) is 20.2. The second-order valence-corrected chi connectivity index (χ2v) is 10.1. The van der Waals surface area contributed by atoms with Gasteiger partial charge in [-0.3, -0.25) is 4.90 Å². The quantitative estimate of drug-likeness (QED) is 0.432. The number of nitrogens with zero attached hydrogens (tertiary/aromatic N) is 7.